The number of benzene rings is 1. The van der Waals surface area contributed by atoms with Crippen molar-refractivity contribution in [2.75, 3.05) is 4.90 Å². The molecule has 0 atom stereocenters. The molecular formula is C28H17N9. The van der Waals surface area contributed by atoms with Crippen molar-refractivity contribution in [1.82, 2.24) is 24.5 Å². The minimum Gasteiger partial charge on any atom is -0.390 e. The highest BCUT2D eigenvalue weighted by molar-refractivity contribution is 5.93. The molecule has 174 valence electrons. The van der Waals surface area contributed by atoms with Gasteiger partial charge in [0.05, 0.1) is 34.5 Å². The van der Waals surface area contributed by atoms with Crippen molar-refractivity contribution in [2.45, 2.75) is 0 Å². The van der Waals surface area contributed by atoms with Crippen molar-refractivity contribution in [3.05, 3.63) is 101 Å². The molecule has 1 aromatic carbocycles. The molecule has 0 fully saturated rings. The fraction of sp³-hybridized carbons (Fsp3) is 0. The maximum absolute atomic E-state index is 5.66. The van der Waals surface area contributed by atoms with Crippen molar-refractivity contribution < 1.29 is 0 Å². The Labute approximate surface area is 211 Å². The third kappa shape index (κ3) is 3.28. The normalized spacial score (nSPS) is 15.0. The van der Waals surface area contributed by atoms with E-state index in [4.69, 9.17) is 10.7 Å². The zero-order chi connectivity index (χ0) is 24.8. The number of hydrogen-bond acceptors (Lipinski definition) is 7. The van der Waals surface area contributed by atoms with Crippen molar-refractivity contribution in [2.24, 2.45) is 15.7 Å². The fourth-order valence-corrected chi connectivity index (χ4v) is 4.60. The Morgan fingerprint density at radius 1 is 0.973 bits per heavy atom. The number of allylic oxidation sites excluding steroid dienone is 4. The van der Waals surface area contributed by atoms with Crippen LogP contribution in [-0.4, -0.2) is 37.1 Å². The lowest BCUT2D eigenvalue weighted by Gasteiger charge is -2.27. The molecule has 0 saturated heterocycles. The average molecular weight is 480 g/mol. The fourth-order valence-electron chi connectivity index (χ4n) is 4.60. The first-order valence-electron chi connectivity index (χ1n) is 11.5. The third-order valence-corrected chi connectivity index (χ3v) is 6.09. The molecule has 2 aliphatic heterocycles. The summed E-state index contributed by atoms with van der Waals surface area (Å²) in [5.74, 6) is 0.929. The number of nitrogens with zero attached hydrogens (tertiary/aromatic N) is 8. The van der Waals surface area contributed by atoms with E-state index in [1.807, 2.05) is 82.3 Å². The summed E-state index contributed by atoms with van der Waals surface area (Å²) in [6.45, 7) is 0. The van der Waals surface area contributed by atoms with E-state index in [2.05, 4.69) is 36.4 Å². The minimum absolute atomic E-state index is 0.176. The molecular weight excluding hydrogens is 462 g/mol. The highest BCUT2D eigenvalue weighted by atomic mass is 15.3. The molecule has 5 heterocycles. The highest BCUT2D eigenvalue weighted by Gasteiger charge is 2.27. The number of rotatable bonds is 3. The lowest BCUT2D eigenvalue weighted by molar-refractivity contribution is 0.897. The van der Waals surface area contributed by atoms with Crippen LogP contribution in [0.3, 0.4) is 0 Å². The number of fused-ring (bicyclic) bond motifs is 5. The van der Waals surface area contributed by atoms with Gasteiger partial charge in [-0.25, -0.2) is 9.98 Å². The Balaban J connectivity index is 1.52. The predicted molar refractivity (Wildman–Crippen MR) is 145 cm³/mol. The van der Waals surface area contributed by atoms with Crippen LogP contribution < -0.4 is 10.6 Å². The number of para-hydroxylation sites is 1. The molecule has 3 aliphatic rings. The first kappa shape index (κ1) is 20.7. The van der Waals surface area contributed by atoms with Gasteiger partial charge < -0.3 is 5.73 Å². The second-order valence-electron chi connectivity index (χ2n) is 8.20. The van der Waals surface area contributed by atoms with Gasteiger partial charge in [0.2, 0.25) is 11.9 Å². The highest BCUT2D eigenvalue weighted by Crippen LogP contribution is 2.39. The lowest BCUT2D eigenvalue weighted by atomic mass is 10.1. The number of aliphatic imine (C=N–C) groups is 2. The van der Waals surface area contributed by atoms with E-state index in [9.17, 15) is 0 Å². The van der Waals surface area contributed by atoms with Crippen LogP contribution in [0.5, 0.6) is 0 Å². The van der Waals surface area contributed by atoms with Gasteiger partial charge in [-0.1, -0.05) is 30.0 Å². The standard InChI is InChI=1S/C28H17N9/c29-17-32-26-33-27(36-18-8-6-14-30-21(16-18)19-9-4-5-12-22(19)36)35-28(34-26)37-23-11-3-1-2-10-20(23)25-24(37)13-7-15-31-25/h1,3-15,17H,(H2,29,32,33,34,35). The topological polar surface area (TPSA) is 110 Å². The van der Waals surface area contributed by atoms with Crippen molar-refractivity contribution in [1.29, 1.82) is 0 Å². The molecule has 0 radical (unpaired) electrons. The molecule has 0 unspecified atom stereocenters. The van der Waals surface area contributed by atoms with Gasteiger partial charge in [-0.05, 0) is 48.6 Å². The number of aromatic nitrogens is 5. The molecule has 4 aromatic rings. The Hall–Kier alpha value is -5.62. The summed E-state index contributed by atoms with van der Waals surface area (Å²) in [5, 5.41) is 0. The molecule has 9 nitrogen and oxygen atoms in total. The van der Waals surface area contributed by atoms with Crippen LogP contribution in [0.1, 0.15) is 16.8 Å². The molecule has 37 heavy (non-hydrogen) atoms. The Kier molecular flexibility index (Phi) is 4.62. The lowest BCUT2D eigenvalue weighted by Crippen LogP contribution is -2.22. The van der Waals surface area contributed by atoms with Crippen LogP contribution in [0.25, 0.3) is 34.8 Å². The van der Waals surface area contributed by atoms with Gasteiger partial charge in [0.15, 0.2) is 0 Å². The summed E-state index contributed by atoms with van der Waals surface area (Å²) >= 11 is 0. The third-order valence-electron chi connectivity index (χ3n) is 6.09. The molecule has 1 aliphatic carbocycles. The van der Waals surface area contributed by atoms with Gasteiger partial charge in [-0.15, -0.1) is 5.73 Å². The van der Waals surface area contributed by atoms with Crippen LogP contribution in [0.15, 0.2) is 94.0 Å². The van der Waals surface area contributed by atoms with E-state index < -0.39 is 0 Å². The van der Waals surface area contributed by atoms with Gasteiger partial charge in [0, 0.05) is 23.5 Å². The molecule has 7 rings (SSSR count). The van der Waals surface area contributed by atoms with Crippen LogP contribution in [0.4, 0.5) is 17.6 Å². The van der Waals surface area contributed by atoms with Gasteiger partial charge in [-0.2, -0.15) is 15.0 Å². The molecule has 3 aromatic heterocycles. The number of anilines is 2. The van der Waals surface area contributed by atoms with E-state index >= 15 is 0 Å². The Morgan fingerprint density at radius 2 is 1.89 bits per heavy atom. The number of hydrogen-bond donors (Lipinski definition) is 1. The zero-order valence-electron chi connectivity index (χ0n) is 19.3. The quantitative estimate of drug-likeness (QED) is 0.260. The number of nitrogens with two attached hydrogens (primary N) is 1. The SMILES string of the molecule is N/C=N/c1nc(N2C3=C=C(N=CC=C3)c3ccccc32)nc(-n2c3c(c4ncccc42)C=C=CC=C3)n1. The summed E-state index contributed by atoms with van der Waals surface area (Å²) in [6, 6.07) is 11.8. The molecule has 0 saturated carbocycles. The maximum Gasteiger partial charge on any atom is 0.257 e. The van der Waals surface area contributed by atoms with Crippen molar-refractivity contribution in [3.63, 3.8) is 0 Å². The van der Waals surface area contributed by atoms with E-state index in [0.717, 1.165) is 44.9 Å². The smallest absolute Gasteiger partial charge is 0.257 e. The van der Waals surface area contributed by atoms with E-state index in [1.165, 1.54) is 6.34 Å². The first-order valence-corrected chi connectivity index (χ1v) is 11.5. The molecule has 0 amide bonds. The molecule has 2 N–H and O–H groups in total. The predicted octanol–water partition coefficient (Wildman–Crippen LogP) is 4.64. The van der Waals surface area contributed by atoms with Crippen LogP contribution in [0, 0.1) is 0 Å². The van der Waals surface area contributed by atoms with E-state index in [0.29, 0.717) is 11.9 Å². The average Bonchev–Trinajstić information content (AvgIpc) is 3.09. The second kappa shape index (κ2) is 8.25. The zero-order valence-corrected chi connectivity index (χ0v) is 19.3. The molecule has 2 bridgehead atoms. The van der Waals surface area contributed by atoms with Crippen LogP contribution >= 0.6 is 0 Å². The maximum atomic E-state index is 5.66. The monoisotopic (exact) mass is 479 g/mol. The van der Waals surface area contributed by atoms with Gasteiger partial charge in [-0.3, -0.25) is 14.5 Å². The van der Waals surface area contributed by atoms with Crippen LogP contribution in [0.2, 0.25) is 0 Å². The van der Waals surface area contributed by atoms with Gasteiger partial charge in [0.25, 0.3) is 5.95 Å². The summed E-state index contributed by atoms with van der Waals surface area (Å²) in [4.78, 5) is 29.5. The van der Waals surface area contributed by atoms with Gasteiger partial charge in [0.1, 0.15) is 5.70 Å². The largest absolute Gasteiger partial charge is 0.390 e. The summed E-state index contributed by atoms with van der Waals surface area (Å²) < 4.78 is 1.95. The Morgan fingerprint density at radius 3 is 2.84 bits per heavy atom. The summed E-state index contributed by atoms with van der Waals surface area (Å²) in [5.41, 5.74) is 19.0. The summed E-state index contributed by atoms with van der Waals surface area (Å²) in [7, 11) is 0. The van der Waals surface area contributed by atoms with E-state index in [-0.39, 0.29) is 5.95 Å². The first-order chi connectivity index (χ1) is 18.3. The van der Waals surface area contributed by atoms with Crippen molar-refractivity contribution in [3.8, 4) is 5.95 Å². The van der Waals surface area contributed by atoms with Gasteiger partial charge >= 0.3 is 0 Å². The molecule has 9 heteroatoms. The molecule has 0 spiro atoms. The second-order valence-corrected chi connectivity index (χ2v) is 8.20. The summed E-state index contributed by atoms with van der Waals surface area (Å²) in [6.07, 6.45) is 16.2. The van der Waals surface area contributed by atoms with E-state index in [1.54, 1.807) is 12.4 Å². The number of pyridine rings is 1. The van der Waals surface area contributed by atoms with Crippen LogP contribution in [-0.2, 0) is 0 Å². The minimum atomic E-state index is 0.176. The Bertz CT molecular complexity index is 1870. The van der Waals surface area contributed by atoms with Crippen molar-refractivity contribution >= 4 is 59.0 Å².